The van der Waals surface area contributed by atoms with Crippen LogP contribution in [0.1, 0.15) is 24.4 Å². The second kappa shape index (κ2) is 7.88. The van der Waals surface area contributed by atoms with Crippen molar-refractivity contribution in [3.05, 3.63) is 54.1 Å². The molecule has 1 N–H and O–H groups in total. The second-order valence-corrected chi connectivity index (χ2v) is 8.59. The zero-order valence-electron chi connectivity index (χ0n) is 15.1. The van der Waals surface area contributed by atoms with Crippen LogP contribution in [0.25, 0.3) is 0 Å². The molecule has 144 valence electrons. The van der Waals surface area contributed by atoms with Gasteiger partial charge in [0.15, 0.2) is 11.5 Å². The number of sulfonamides is 1. The molecule has 0 spiro atoms. The average Bonchev–Trinajstić information content (AvgIpc) is 3.23. The molecule has 0 amide bonds. The van der Waals surface area contributed by atoms with Crippen molar-refractivity contribution >= 4 is 10.0 Å². The van der Waals surface area contributed by atoms with Crippen LogP contribution >= 0.6 is 0 Å². The lowest BCUT2D eigenvalue weighted by Gasteiger charge is -2.28. The maximum atomic E-state index is 12.8. The van der Waals surface area contributed by atoms with Crippen molar-refractivity contribution in [2.75, 3.05) is 32.8 Å². The molecule has 0 aliphatic carbocycles. The minimum Gasteiger partial charge on any atom is -0.486 e. The van der Waals surface area contributed by atoms with Gasteiger partial charge in [-0.3, -0.25) is 4.90 Å². The van der Waals surface area contributed by atoms with Gasteiger partial charge in [-0.25, -0.2) is 13.1 Å². The molecule has 2 aromatic carbocycles. The van der Waals surface area contributed by atoms with Gasteiger partial charge in [0.05, 0.1) is 4.90 Å². The fraction of sp³-hybridized carbons (Fsp3) is 0.400. The van der Waals surface area contributed by atoms with Crippen LogP contribution in [0.3, 0.4) is 0 Å². The fourth-order valence-corrected chi connectivity index (χ4v) is 4.70. The zero-order chi connectivity index (χ0) is 18.7. The largest absolute Gasteiger partial charge is 0.486 e. The number of nitrogens with zero attached hydrogens (tertiary/aromatic N) is 1. The summed E-state index contributed by atoms with van der Waals surface area (Å²) in [6, 6.07) is 14.8. The van der Waals surface area contributed by atoms with Gasteiger partial charge >= 0.3 is 0 Å². The number of likely N-dealkylation sites (tertiary alicyclic amines) is 1. The molecule has 4 rings (SSSR count). The van der Waals surface area contributed by atoms with Crippen LogP contribution in [0.15, 0.2) is 53.4 Å². The van der Waals surface area contributed by atoms with E-state index in [9.17, 15) is 8.42 Å². The Hall–Kier alpha value is -2.09. The first-order valence-corrected chi connectivity index (χ1v) is 10.8. The average molecular weight is 388 g/mol. The molecule has 0 saturated carbocycles. The number of fused-ring (bicyclic) bond motifs is 1. The molecule has 1 atom stereocenters. The van der Waals surface area contributed by atoms with Crippen LogP contribution in [0.5, 0.6) is 11.5 Å². The maximum Gasteiger partial charge on any atom is 0.240 e. The van der Waals surface area contributed by atoms with E-state index in [1.165, 1.54) is 6.07 Å². The predicted octanol–water partition coefficient (Wildman–Crippen LogP) is 2.57. The number of hydrogen-bond acceptors (Lipinski definition) is 5. The molecule has 0 aromatic heterocycles. The molecule has 2 aromatic rings. The normalized spacial score (nSPS) is 18.4. The highest BCUT2D eigenvalue weighted by Gasteiger charge is 2.26. The van der Waals surface area contributed by atoms with Gasteiger partial charge in [0.2, 0.25) is 10.0 Å². The van der Waals surface area contributed by atoms with E-state index in [1.807, 2.05) is 18.2 Å². The zero-order valence-corrected chi connectivity index (χ0v) is 16.0. The lowest BCUT2D eigenvalue weighted by Crippen LogP contribution is -2.36. The van der Waals surface area contributed by atoms with E-state index >= 15 is 0 Å². The third-order valence-electron chi connectivity index (χ3n) is 5.06. The Labute approximate surface area is 160 Å². The monoisotopic (exact) mass is 388 g/mol. The SMILES string of the molecule is O=S(=O)(NC[C@H](c1ccccc1)N1CCCC1)c1ccc2c(c1)OCCO2. The van der Waals surface area contributed by atoms with Crippen molar-refractivity contribution in [1.82, 2.24) is 9.62 Å². The van der Waals surface area contributed by atoms with E-state index in [4.69, 9.17) is 9.47 Å². The number of hydrogen-bond donors (Lipinski definition) is 1. The quantitative estimate of drug-likeness (QED) is 0.824. The number of benzene rings is 2. The topological polar surface area (TPSA) is 67.9 Å². The van der Waals surface area contributed by atoms with Crippen LogP contribution < -0.4 is 14.2 Å². The third-order valence-corrected chi connectivity index (χ3v) is 6.48. The van der Waals surface area contributed by atoms with Gasteiger partial charge in [-0.2, -0.15) is 0 Å². The van der Waals surface area contributed by atoms with Crippen molar-refractivity contribution in [2.45, 2.75) is 23.8 Å². The summed E-state index contributed by atoms with van der Waals surface area (Å²) < 4.78 is 39.5. The molecular formula is C20H24N2O4S. The Morgan fingerprint density at radius 1 is 0.963 bits per heavy atom. The molecule has 2 aliphatic heterocycles. The molecule has 1 saturated heterocycles. The molecular weight excluding hydrogens is 364 g/mol. The maximum absolute atomic E-state index is 12.8. The molecule has 2 heterocycles. The molecule has 6 nitrogen and oxygen atoms in total. The van der Waals surface area contributed by atoms with Crippen molar-refractivity contribution in [1.29, 1.82) is 0 Å². The Morgan fingerprint density at radius 3 is 2.41 bits per heavy atom. The summed E-state index contributed by atoms with van der Waals surface area (Å²) in [7, 11) is -3.64. The molecule has 0 unspecified atom stereocenters. The van der Waals surface area contributed by atoms with Crippen LogP contribution in [0, 0.1) is 0 Å². The first-order valence-electron chi connectivity index (χ1n) is 9.32. The van der Waals surface area contributed by atoms with Crippen LogP contribution in [0.4, 0.5) is 0 Å². The van der Waals surface area contributed by atoms with Gasteiger partial charge < -0.3 is 9.47 Å². The standard InChI is InChI=1S/C20H24N2O4S/c23-27(24,17-8-9-19-20(14-17)26-13-12-25-19)21-15-18(22-10-4-5-11-22)16-6-2-1-3-7-16/h1-3,6-9,14,18,21H,4-5,10-13,15H2/t18-/m1/s1. The number of ether oxygens (including phenoxy) is 2. The second-order valence-electron chi connectivity index (χ2n) is 6.83. The Morgan fingerprint density at radius 2 is 1.67 bits per heavy atom. The fourth-order valence-electron chi connectivity index (χ4n) is 3.65. The molecule has 0 radical (unpaired) electrons. The lowest BCUT2D eigenvalue weighted by molar-refractivity contribution is 0.171. The van der Waals surface area contributed by atoms with Gasteiger partial charge in [-0.1, -0.05) is 30.3 Å². The van der Waals surface area contributed by atoms with Crippen LogP contribution in [0.2, 0.25) is 0 Å². The van der Waals surface area contributed by atoms with E-state index in [2.05, 4.69) is 21.8 Å². The molecule has 0 bridgehead atoms. The summed E-state index contributed by atoms with van der Waals surface area (Å²) >= 11 is 0. The number of nitrogens with one attached hydrogen (secondary N) is 1. The van der Waals surface area contributed by atoms with Crippen molar-refractivity contribution < 1.29 is 17.9 Å². The Balaban J connectivity index is 1.52. The van der Waals surface area contributed by atoms with E-state index in [-0.39, 0.29) is 10.9 Å². The van der Waals surface area contributed by atoms with Crippen LogP contribution in [-0.4, -0.2) is 46.2 Å². The summed E-state index contributed by atoms with van der Waals surface area (Å²) in [5.41, 5.74) is 1.13. The number of rotatable bonds is 6. The molecule has 7 heteroatoms. The minimum absolute atomic E-state index is 0.0284. The molecule has 2 aliphatic rings. The minimum atomic E-state index is -3.64. The summed E-state index contributed by atoms with van der Waals surface area (Å²) in [6.45, 7) is 3.22. The predicted molar refractivity (Wildman–Crippen MR) is 103 cm³/mol. The van der Waals surface area contributed by atoms with Crippen molar-refractivity contribution in [3.8, 4) is 11.5 Å². The van der Waals surface area contributed by atoms with E-state index in [1.54, 1.807) is 12.1 Å². The smallest absolute Gasteiger partial charge is 0.240 e. The Bertz CT molecular complexity index is 880. The van der Waals surface area contributed by atoms with Gasteiger partial charge in [0.1, 0.15) is 13.2 Å². The van der Waals surface area contributed by atoms with Gasteiger partial charge in [0, 0.05) is 18.7 Å². The van der Waals surface area contributed by atoms with Crippen LogP contribution in [-0.2, 0) is 10.0 Å². The van der Waals surface area contributed by atoms with E-state index in [0.717, 1.165) is 31.5 Å². The molecule has 1 fully saturated rings. The van der Waals surface area contributed by atoms with Gasteiger partial charge in [-0.15, -0.1) is 0 Å². The lowest BCUT2D eigenvalue weighted by atomic mass is 10.1. The summed E-state index contributed by atoms with van der Waals surface area (Å²) in [5.74, 6) is 1.06. The first kappa shape index (κ1) is 18.3. The highest BCUT2D eigenvalue weighted by molar-refractivity contribution is 7.89. The Kier molecular flexibility index (Phi) is 5.33. The van der Waals surface area contributed by atoms with E-state index in [0.29, 0.717) is 31.3 Å². The highest BCUT2D eigenvalue weighted by Crippen LogP contribution is 2.32. The summed E-state index contributed by atoms with van der Waals surface area (Å²) in [5, 5.41) is 0. The van der Waals surface area contributed by atoms with Gasteiger partial charge in [-0.05, 0) is 43.6 Å². The summed E-state index contributed by atoms with van der Waals surface area (Å²) in [4.78, 5) is 2.54. The third kappa shape index (κ3) is 4.10. The highest BCUT2D eigenvalue weighted by atomic mass is 32.2. The first-order chi connectivity index (χ1) is 13.1. The van der Waals surface area contributed by atoms with Crippen molar-refractivity contribution in [2.24, 2.45) is 0 Å². The van der Waals surface area contributed by atoms with Crippen molar-refractivity contribution in [3.63, 3.8) is 0 Å². The molecule has 27 heavy (non-hydrogen) atoms. The summed E-state index contributed by atoms with van der Waals surface area (Å²) in [6.07, 6.45) is 2.30. The van der Waals surface area contributed by atoms with Gasteiger partial charge in [0.25, 0.3) is 0 Å². The van der Waals surface area contributed by atoms with E-state index < -0.39 is 10.0 Å².